The van der Waals surface area contributed by atoms with E-state index in [0.717, 1.165) is 33.5 Å². The van der Waals surface area contributed by atoms with E-state index in [1.807, 2.05) is 84.9 Å². The fourth-order valence-electron chi connectivity index (χ4n) is 3.64. The maximum absolute atomic E-state index is 13.2. The van der Waals surface area contributed by atoms with Crippen molar-refractivity contribution in [1.29, 1.82) is 0 Å². The summed E-state index contributed by atoms with van der Waals surface area (Å²) in [5.41, 5.74) is 5.77. The molecule has 0 aliphatic rings. The standard InChI is InChI=1S/C29H24FNO/c1-21(32)28(20-22-12-14-23(15-13-22)24-16-18-27(30)19-17-24)31-29(25-8-4-2-5-9-25)26-10-6-3-7-11-26/h2-19,28H,20H2,1H3. The van der Waals surface area contributed by atoms with Gasteiger partial charge in [0.2, 0.25) is 0 Å². The molecule has 0 aliphatic heterocycles. The second-order valence-electron chi connectivity index (χ2n) is 7.74. The highest BCUT2D eigenvalue weighted by Crippen LogP contribution is 2.21. The molecule has 0 aliphatic carbocycles. The van der Waals surface area contributed by atoms with Gasteiger partial charge in [-0.15, -0.1) is 0 Å². The van der Waals surface area contributed by atoms with Crippen LogP contribution in [0.1, 0.15) is 23.6 Å². The van der Waals surface area contributed by atoms with Gasteiger partial charge in [0, 0.05) is 17.5 Å². The van der Waals surface area contributed by atoms with Crippen LogP contribution in [0.25, 0.3) is 11.1 Å². The Kier molecular flexibility index (Phi) is 6.66. The lowest BCUT2D eigenvalue weighted by Gasteiger charge is -2.14. The van der Waals surface area contributed by atoms with Gasteiger partial charge in [0.25, 0.3) is 0 Å². The number of hydrogen-bond donors (Lipinski definition) is 0. The average molecular weight is 422 g/mol. The van der Waals surface area contributed by atoms with E-state index in [1.54, 1.807) is 19.1 Å². The molecule has 32 heavy (non-hydrogen) atoms. The zero-order chi connectivity index (χ0) is 22.3. The SMILES string of the molecule is CC(=O)C(Cc1ccc(-c2ccc(F)cc2)cc1)N=C(c1ccccc1)c1ccccc1. The summed E-state index contributed by atoms with van der Waals surface area (Å²) >= 11 is 0. The molecule has 3 heteroatoms. The second kappa shape index (κ2) is 9.97. The van der Waals surface area contributed by atoms with Crippen LogP contribution in [-0.2, 0) is 11.2 Å². The van der Waals surface area contributed by atoms with E-state index in [-0.39, 0.29) is 11.6 Å². The first-order valence-corrected chi connectivity index (χ1v) is 10.6. The highest BCUT2D eigenvalue weighted by atomic mass is 19.1. The third-order valence-electron chi connectivity index (χ3n) is 5.41. The third kappa shape index (κ3) is 5.25. The molecule has 0 fully saturated rings. The Morgan fingerprint density at radius 3 is 1.66 bits per heavy atom. The van der Waals surface area contributed by atoms with E-state index in [9.17, 15) is 9.18 Å². The summed E-state index contributed by atoms with van der Waals surface area (Å²) in [6.07, 6.45) is 0.516. The van der Waals surface area contributed by atoms with Gasteiger partial charge in [0.05, 0.1) is 5.71 Å². The molecule has 0 aromatic heterocycles. The van der Waals surface area contributed by atoms with Crippen LogP contribution in [0.4, 0.5) is 4.39 Å². The van der Waals surface area contributed by atoms with Crippen LogP contribution in [0.15, 0.2) is 114 Å². The largest absolute Gasteiger partial charge is 0.298 e. The zero-order valence-electron chi connectivity index (χ0n) is 17.9. The first-order chi connectivity index (χ1) is 15.6. The van der Waals surface area contributed by atoms with Gasteiger partial charge in [-0.2, -0.15) is 0 Å². The first kappa shape index (κ1) is 21.4. The van der Waals surface area contributed by atoms with Gasteiger partial charge in [-0.25, -0.2) is 4.39 Å². The number of carbonyl (C=O) groups excluding carboxylic acids is 1. The van der Waals surface area contributed by atoms with Gasteiger partial charge in [0.15, 0.2) is 5.78 Å². The van der Waals surface area contributed by atoms with Crippen LogP contribution in [-0.4, -0.2) is 17.5 Å². The van der Waals surface area contributed by atoms with Crippen LogP contribution in [0, 0.1) is 5.82 Å². The molecule has 4 aromatic carbocycles. The van der Waals surface area contributed by atoms with Crippen molar-refractivity contribution in [3.63, 3.8) is 0 Å². The van der Waals surface area contributed by atoms with Gasteiger partial charge in [-0.05, 0) is 35.7 Å². The van der Waals surface area contributed by atoms with E-state index in [0.29, 0.717) is 6.42 Å². The molecule has 158 valence electrons. The number of nitrogens with zero attached hydrogens (tertiary/aromatic N) is 1. The van der Waals surface area contributed by atoms with Crippen LogP contribution >= 0.6 is 0 Å². The predicted molar refractivity (Wildman–Crippen MR) is 129 cm³/mol. The summed E-state index contributed by atoms with van der Waals surface area (Å²) in [5.74, 6) is -0.225. The van der Waals surface area contributed by atoms with E-state index in [4.69, 9.17) is 4.99 Å². The summed E-state index contributed by atoms with van der Waals surface area (Å²) in [7, 11) is 0. The Labute approximate surface area is 188 Å². The quantitative estimate of drug-likeness (QED) is 0.312. The molecular weight excluding hydrogens is 397 g/mol. The lowest BCUT2D eigenvalue weighted by molar-refractivity contribution is -0.118. The molecule has 4 rings (SSSR count). The fourth-order valence-corrected chi connectivity index (χ4v) is 3.64. The molecule has 0 heterocycles. The van der Waals surface area contributed by atoms with Crippen molar-refractivity contribution in [1.82, 2.24) is 0 Å². The van der Waals surface area contributed by atoms with E-state index < -0.39 is 6.04 Å². The number of hydrogen-bond acceptors (Lipinski definition) is 2. The minimum absolute atomic E-state index is 0.0250. The average Bonchev–Trinajstić information content (AvgIpc) is 2.83. The molecule has 1 unspecified atom stereocenters. The molecule has 4 aromatic rings. The van der Waals surface area contributed by atoms with Crippen molar-refractivity contribution in [2.45, 2.75) is 19.4 Å². The first-order valence-electron chi connectivity index (χ1n) is 10.6. The minimum Gasteiger partial charge on any atom is -0.298 e. The molecule has 0 saturated carbocycles. The highest BCUT2D eigenvalue weighted by molar-refractivity contribution is 6.13. The van der Waals surface area contributed by atoms with Crippen LogP contribution in [0.3, 0.4) is 0 Å². The van der Waals surface area contributed by atoms with E-state index >= 15 is 0 Å². The Morgan fingerprint density at radius 1 is 0.719 bits per heavy atom. The van der Waals surface area contributed by atoms with Crippen molar-refractivity contribution in [3.05, 3.63) is 132 Å². The van der Waals surface area contributed by atoms with Crippen molar-refractivity contribution in [2.24, 2.45) is 4.99 Å². The van der Waals surface area contributed by atoms with E-state index in [1.165, 1.54) is 12.1 Å². The molecular formula is C29H24FNO. The predicted octanol–water partition coefficient (Wildman–Crippen LogP) is 6.53. The number of benzene rings is 4. The molecule has 0 N–H and O–H groups in total. The normalized spacial score (nSPS) is 11.6. The monoisotopic (exact) mass is 421 g/mol. The van der Waals surface area contributed by atoms with Gasteiger partial charge in [-0.3, -0.25) is 9.79 Å². The van der Waals surface area contributed by atoms with Gasteiger partial charge in [0.1, 0.15) is 11.9 Å². The summed E-state index contributed by atoms with van der Waals surface area (Å²) in [5, 5.41) is 0. The van der Waals surface area contributed by atoms with Crippen LogP contribution < -0.4 is 0 Å². The smallest absolute Gasteiger partial charge is 0.154 e. The highest BCUT2D eigenvalue weighted by Gasteiger charge is 2.17. The van der Waals surface area contributed by atoms with Crippen molar-refractivity contribution < 1.29 is 9.18 Å². The summed E-state index contributed by atoms with van der Waals surface area (Å²) in [6, 6.07) is 33.9. The number of Topliss-reactive ketones (excluding diaryl/α,β-unsaturated/α-hetero) is 1. The molecule has 2 nitrogen and oxygen atoms in total. The van der Waals surface area contributed by atoms with Crippen LogP contribution in [0.2, 0.25) is 0 Å². The third-order valence-corrected chi connectivity index (χ3v) is 5.41. The number of halogens is 1. The lowest BCUT2D eigenvalue weighted by atomic mass is 9.98. The zero-order valence-corrected chi connectivity index (χ0v) is 17.9. The van der Waals surface area contributed by atoms with Gasteiger partial charge < -0.3 is 0 Å². The van der Waals surface area contributed by atoms with Crippen molar-refractivity contribution >= 4 is 11.5 Å². The molecule has 0 spiro atoms. The van der Waals surface area contributed by atoms with E-state index in [2.05, 4.69) is 0 Å². The van der Waals surface area contributed by atoms with Crippen molar-refractivity contribution in [2.75, 3.05) is 0 Å². The Bertz CT molecular complexity index is 1160. The maximum atomic E-state index is 13.2. The van der Waals surface area contributed by atoms with Crippen LogP contribution in [0.5, 0.6) is 0 Å². The molecule has 1 atom stereocenters. The topological polar surface area (TPSA) is 29.4 Å². The number of rotatable bonds is 7. The Balaban J connectivity index is 1.63. The Hall–Kier alpha value is -3.85. The minimum atomic E-state index is -0.484. The lowest BCUT2D eigenvalue weighted by Crippen LogP contribution is -2.21. The fraction of sp³-hybridized carbons (Fsp3) is 0.103. The van der Waals surface area contributed by atoms with Gasteiger partial charge in [-0.1, -0.05) is 97.1 Å². The number of carbonyl (C=O) groups is 1. The molecule has 0 saturated heterocycles. The summed E-state index contributed by atoms with van der Waals surface area (Å²) in [6.45, 7) is 1.59. The second-order valence-corrected chi connectivity index (χ2v) is 7.74. The summed E-state index contributed by atoms with van der Waals surface area (Å²) < 4.78 is 13.2. The maximum Gasteiger partial charge on any atom is 0.154 e. The molecule has 0 radical (unpaired) electrons. The molecule has 0 bridgehead atoms. The number of ketones is 1. The molecule has 0 amide bonds. The number of aliphatic imine (C=N–C) groups is 1. The van der Waals surface area contributed by atoms with Gasteiger partial charge >= 0.3 is 0 Å². The summed E-state index contributed by atoms with van der Waals surface area (Å²) in [4.78, 5) is 17.5. The van der Waals surface area contributed by atoms with Crippen molar-refractivity contribution in [3.8, 4) is 11.1 Å². The Morgan fingerprint density at radius 2 is 1.19 bits per heavy atom.